The molecule has 0 fully saturated rings. The number of halogens is 3. The van der Waals surface area contributed by atoms with Gasteiger partial charge >= 0.3 is 5.97 Å². The molecule has 1 N–H and O–H groups in total. The van der Waals surface area contributed by atoms with E-state index < -0.39 is 23.4 Å². The van der Waals surface area contributed by atoms with E-state index in [2.05, 4.69) is 0 Å². The van der Waals surface area contributed by atoms with Crippen molar-refractivity contribution >= 4 is 17.6 Å². The second-order valence-corrected chi connectivity index (χ2v) is 4.01. The lowest BCUT2D eigenvalue weighted by Crippen LogP contribution is -2.02. The molecule has 0 saturated heterocycles. The fraction of sp³-hybridized carbons (Fsp3) is 0. The Labute approximate surface area is 112 Å². The minimum Gasteiger partial charge on any atom is -0.478 e. The van der Waals surface area contributed by atoms with E-state index in [0.29, 0.717) is 0 Å². The summed E-state index contributed by atoms with van der Waals surface area (Å²) in [6, 6.07) is 6.96. The number of carboxylic acid groups (broad SMARTS) is 1. The maximum Gasteiger partial charge on any atom is 0.339 e. The van der Waals surface area contributed by atoms with Crippen LogP contribution < -0.4 is 4.74 Å². The van der Waals surface area contributed by atoms with E-state index in [4.69, 9.17) is 21.4 Å². The lowest BCUT2D eigenvalue weighted by molar-refractivity contribution is 0.0693. The molecule has 0 amide bonds. The van der Waals surface area contributed by atoms with Crippen molar-refractivity contribution in [3.05, 3.63) is 58.6 Å². The van der Waals surface area contributed by atoms with Gasteiger partial charge in [-0.2, -0.15) is 0 Å². The molecule has 0 aromatic heterocycles. The average molecular weight is 285 g/mol. The number of benzene rings is 2. The number of carboxylic acids is 1. The first-order chi connectivity index (χ1) is 8.99. The van der Waals surface area contributed by atoms with Crippen LogP contribution in [0.15, 0.2) is 36.4 Å². The summed E-state index contributed by atoms with van der Waals surface area (Å²) in [6.07, 6.45) is 0. The van der Waals surface area contributed by atoms with E-state index in [1.807, 2.05) is 0 Å². The van der Waals surface area contributed by atoms with Crippen molar-refractivity contribution in [2.24, 2.45) is 0 Å². The molecule has 0 aliphatic carbocycles. The highest BCUT2D eigenvalue weighted by Gasteiger charge is 2.16. The lowest BCUT2D eigenvalue weighted by atomic mass is 10.2. The Hall–Kier alpha value is -2.14. The largest absolute Gasteiger partial charge is 0.478 e. The number of hydrogen-bond donors (Lipinski definition) is 1. The van der Waals surface area contributed by atoms with Crippen LogP contribution in [0.4, 0.5) is 8.78 Å². The van der Waals surface area contributed by atoms with Crippen molar-refractivity contribution < 1.29 is 23.4 Å². The molecule has 0 radical (unpaired) electrons. The van der Waals surface area contributed by atoms with Crippen molar-refractivity contribution in [1.82, 2.24) is 0 Å². The Kier molecular flexibility index (Phi) is 3.66. The standard InChI is InChI=1S/C13H7ClF2O3/c14-9-5-4-7(6-11(9)16)19-12-8(13(17)18)2-1-3-10(12)15/h1-6H,(H,17,18). The summed E-state index contributed by atoms with van der Waals surface area (Å²) in [4.78, 5) is 10.9. The highest BCUT2D eigenvalue weighted by Crippen LogP contribution is 2.30. The van der Waals surface area contributed by atoms with Crippen LogP contribution in [0.2, 0.25) is 5.02 Å². The maximum absolute atomic E-state index is 13.6. The second-order valence-electron chi connectivity index (χ2n) is 3.60. The Morgan fingerprint density at radius 1 is 1.16 bits per heavy atom. The summed E-state index contributed by atoms with van der Waals surface area (Å²) in [6.45, 7) is 0. The number of hydrogen-bond acceptors (Lipinski definition) is 2. The van der Waals surface area contributed by atoms with Gasteiger partial charge in [-0.25, -0.2) is 13.6 Å². The molecule has 0 heterocycles. The molecular weight excluding hydrogens is 278 g/mol. The first-order valence-corrected chi connectivity index (χ1v) is 5.51. The number of ether oxygens (including phenoxy) is 1. The summed E-state index contributed by atoms with van der Waals surface area (Å²) in [7, 11) is 0. The van der Waals surface area contributed by atoms with Crippen molar-refractivity contribution in [2.75, 3.05) is 0 Å². The Morgan fingerprint density at radius 2 is 1.89 bits per heavy atom. The number of carbonyl (C=O) groups is 1. The van der Waals surface area contributed by atoms with E-state index in [0.717, 1.165) is 12.1 Å². The van der Waals surface area contributed by atoms with Gasteiger partial charge in [0.15, 0.2) is 11.6 Å². The zero-order valence-electron chi connectivity index (χ0n) is 9.36. The molecule has 2 rings (SSSR count). The second kappa shape index (κ2) is 5.24. The van der Waals surface area contributed by atoms with Crippen molar-refractivity contribution in [3.8, 4) is 11.5 Å². The number of rotatable bonds is 3. The summed E-state index contributed by atoms with van der Waals surface area (Å²) in [5.74, 6) is -3.46. The topological polar surface area (TPSA) is 46.5 Å². The van der Waals surface area contributed by atoms with Gasteiger partial charge < -0.3 is 9.84 Å². The fourth-order valence-electron chi connectivity index (χ4n) is 1.44. The molecule has 0 atom stereocenters. The molecule has 3 nitrogen and oxygen atoms in total. The predicted molar refractivity (Wildman–Crippen MR) is 64.8 cm³/mol. The third-order valence-corrected chi connectivity index (χ3v) is 2.61. The summed E-state index contributed by atoms with van der Waals surface area (Å²) in [5.41, 5.74) is -0.352. The Balaban J connectivity index is 2.42. The normalized spacial score (nSPS) is 10.3. The smallest absolute Gasteiger partial charge is 0.339 e. The van der Waals surface area contributed by atoms with E-state index in [1.165, 1.54) is 24.3 Å². The van der Waals surface area contributed by atoms with Gasteiger partial charge in [-0.1, -0.05) is 17.7 Å². The Bertz CT molecular complexity index is 644. The fourth-order valence-corrected chi connectivity index (χ4v) is 1.56. The van der Waals surface area contributed by atoms with Crippen LogP contribution in [0.1, 0.15) is 10.4 Å². The van der Waals surface area contributed by atoms with Crippen LogP contribution in [0, 0.1) is 11.6 Å². The zero-order chi connectivity index (χ0) is 14.0. The van der Waals surface area contributed by atoms with Crippen molar-refractivity contribution in [2.45, 2.75) is 0 Å². The SMILES string of the molecule is O=C(O)c1cccc(F)c1Oc1ccc(Cl)c(F)c1. The minimum absolute atomic E-state index is 0.0468. The van der Waals surface area contributed by atoms with E-state index >= 15 is 0 Å². The van der Waals surface area contributed by atoms with Crippen molar-refractivity contribution in [3.63, 3.8) is 0 Å². The van der Waals surface area contributed by atoms with Crippen LogP contribution in [-0.2, 0) is 0 Å². The quantitative estimate of drug-likeness (QED) is 0.922. The minimum atomic E-state index is -1.34. The zero-order valence-corrected chi connectivity index (χ0v) is 10.1. The van der Waals surface area contributed by atoms with E-state index in [9.17, 15) is 13.6 Å². The summed E-state index contributed by atoms with van der Waals surface area (Å²) in [5, 5.41) is 8.81. The van der Waals surface area contributed by atoms with Gasteiger partial charge in [-0.3, -0.25) is 0 Å². The molecule has 6 heteroatoms. The van der Waals surface area contributed by atoms with Crippen LogP contribution in [0.25, 0.3) is 0 Å². The molecule has 0 aliphatic heterocycles. The van der Waals surface area contributed by atoms with Crippen LogP contribution in [0.3, 0.4) is 0 Å². The number of para-hydroxylation sites is 1. The van der Waals surface area contributed by atoms with Crippen LogP contribution >= 0.6 is 11.6 Å². The average Bonchev–Trinajstić information content (AvgIpc) is 2.36. The van der Waals surface area contributed by atoms with E-state index in [1.54, 1.807) is 0 Å². The van der Waals surface area contributed by atoms with Gasteiger partial charge in [0.2, 0.25) is 0 Å². The monoisotopic (exact) mass is 284 g/mol. The third kappa shape index (κ3) is 2.82. The number of aromatic carboxylic acids is 1. The van der Waals surface area contributed by atoms with Crippen molar-refractivity contribution in [1.29, 1.82) is 0 Å². The highest BCUT2D eigenvalue weighted by atomic mass is 35.5. The molecule has 0 aliphatic rings. The molecule has 0 spiro atoms. The molecule has 0 saturated carbocycles. The molecule has 0 bridgehead atoms. The molecule has 0 unspecified atom stereocenters. The highest BCUT2D eigenvalue weighted by molar-refractivity contribution is 6.30. The van der Waals surface area contributed by atoms with Gasteiger partial charge in [0.1, 0.15) is 17.1 Å². The molecule has 98 valence electrons. The maximum atomic E-state index is 13.6. The predicted octanol–water partition coefficient (Wildman–Crippen LogP) is 4.11. The van der Waals surface area contributed by atoms with Crippen LogP contribution in [0.5, 0.6) is 11.5 Å². The van der Waals surface area contributed by atoms with Gasteiger partial charge in [0, 0.05) is 6.07 Å². The third-order valence-electron chi connectivity index (χ3n) is 2.31. The summed E-state index contributed by atoms with van der Waals surface area (Å²) < 4.78 is 31.9. The first kappa shape index (κ1) is 13.3. The van der Waals surface area contributed by atoms with Gasteiger partial charge in [0.05, 0.1) is 5.02 Å². The van der Waals surface area contributed by atoms with Gasteiger partial charge in [-0.15, -0.1) is 0 Å². The Morgan fingerprint density at radius 3 is 2.53 bits per heavy atom. The summed E-state index contributed by atoms with van der Waals surface area (Å²) >= 11 is 5.50. The molecule has 2 aromatic carbocycles. The van der Waals surface area contributed by atoms with Gasteiger partial charge in [0.25, 0.3) is 0 Å². The van der Waals surface area contributed by atoms with Crippen LogP contribution in [-0.4, -0.2) is 11.1 Å². The lowest BCUT2D eigenvalue weighted by Gasteiger charge is -2.09. The molecular formula is C13H7ClF2O3. The first-order valence-electron chi connectivity index (χ1n) is 5.13. The molecule has 19 heavy (non-hydrogen) atoms. The van der Waals surface area contributed by atoms with Gasteiger partial charge in [-0.05, 0) is 24.3 Å². The van der Waals surface area contributed by atoms with E-state index in [-0.39, 0.29) is 16.3 Å². The molecule has 2 aromatic rings.